The van der Waals surface area contributed by atoms with Gasteiger partial charge in [-0.15, -0.1) is 0 Å². The highest BCUT2D eigenvalue weighted by molar-refractivity contribution is 5.93. The summed E-state index contributed by atoms with van der Waals surface area (Å²) in [5.41, 5.74) is 1.24. The molecule has 2 rings (SSSR count). The Kier molecular flexibility index (Phi) is 5.32. The van der Waals surface area contributed by atoms with E-state index in [-0.39, 0.29) is 17.0 Å². The Labute approximate surface area is 124 Å². The smallest absolute Gasteiger partial charge is 0.263 e. The summed E-state index contributed by atoms with van der Waals surface area (Å²) in [6.07, 6.45) is 4.55. The molecule has 0 saturated carbocycles. The zero-order chi connectivity index (χ0) is 15.1. The van der Waals surface area contributed by atoms with Gasteiger partial charge in [0.05, 0.1) is 0 Å². The van der Waals surface area contributed by atoms with Gasteiger partial charge in [0.2, 0.25) is 0 Å². The number of amides is 1. The van der Waals surface area contributed by atoms with E-state index in [4.69, 9.17) is 0 Å². The van der Waals surface area contributed by atoms with Crippen molar-refractivity contribution in [1.82, 2.24) is 9.88 Å². The maximum atomic E-state index is 11.9. The Morgan fingerprint density at radius 2 is 1.86 bits per heavy atom. The molecule has 0 aliphatic carbocycles. The van der Waals surface area contributed by atoms with Crippen molar-refractivity contribution in [2.75, 3.05) is 6.54 Å². The number of aromatic nitrogens is 1. The van der Waals surface area contributed by atoms with E-state index in [0.717, 1.165) is 19.3 Å². The molecule has 0 radical (unpaired) electrons. The number of unbranched alkanes of at least 4 members (excludes halogenated alkanes) is 1. The van der Waals surface area contributed by atoms with Crippen LogP contribution in [0.3, 0.4) is 0 Å². The highest BCUT2D eigenvalue weighted by Crippen LogP contribution is 2.03. The normalized spacial score (nSPS) is 10.3. The SMILES string of the molecule is Cn1cccc(C(=O)NCCCCc2ccccc2)c1=O. The first-order valence-corrected chi connectivity index (χ1v) is 7.16. The lowest BCUT2D eigenvalue weighted by Gasteiger charge is -2.06. The van der Waals surface area contributed by atoms with Gasteiger partial charge in [0, 0.05) is 19.8 Å². The average molecular weight is 284 g/mol. The fourth-order valence-corrected chi connectivity index (χ4v) is 2.17. The number of rotatable bonds is 6. The van der Waals surface area contributed by atoms with Gasteiger partial charge in [-0.05, 0) is 37.0 Å². The van der Waals surface area contributed by atoms with Crippen LogP contribution in [0, 0.1) is 0 Å². The van der Waals surface area contributed by atoms with E-state index < -0.39 is 0 Å². The van der Waals surface area contributed by atoms with Gasteiger partial charge in [-0.25, -0.2) is 0 Å². The number of carbonyl (C=O) groups is 1. The Bertz CT molecular complexity index is 647. The number of hydrogen-bond donors (Lipinski definition) is 1. The van der Waals surface area contributed by atoms with Crippen molar-refractivity contribution in [2.45, 2.75) is 19.3 Å². The topological polar surface area (TPSA) is 51.1 Å². The van der Waals surface area contributed by atoms with Crippen LogP contribution in [-0.4, -0.2) is 17.0 Å². The maximum absolute atomic E-state index is 11.9. The summed E-state index contributed by atoms with van der Waals surface area (Å²) in [4.78, 5) is 23.7. The van der Waals surface area contributed by atoms with Crippen molar-refractivity contribution in [1.29, 1.82) is 0 Å². The molecule has 1 amide bonds. The number of hydrogen-bond acceptors (Lipinski definition) is 2. The third-order valence-electron chi connectivity index (χ3n) is 3.39. The molecule has 1 aromatic carbocycles. The van der Waals surface area contributed by atoms with Crippen LogP contribution in [-0.2, 0) is 13.5 Å². The van der Waals surface area contributed by atoms with Gasteiger partial charge in [0.1, 0.15) is 5.56 Å². The van der Waals surface area contributed by atoms with Gasteiger partial charge in [-0.1, -0.05) is 30.3 Å². The van der Waals surface area contributed by atoms with E-state index in [2.05, 4.69) is 17.4 Å². The van der Waals surface area contributed by atoms with E-state index in [1.807, 2.05) is 18.2 Å². The van der Waals surface area contributed by atoms with Crippen molar-refractivity contribution in [3.63, 3.8) is 0 Å². The van der Waals surface area contributed by atoms with Crippen LogP contribution in [0.25, 0.3) is 0 Å². The maximum Gasteiger partial charge on any atom is 0.263 e. The molecule has 0 spiro atoms. The van der Waals surface area contributed by atoms with Crippen molar-refractivity contribution in [3.05, 3.63) is 70.1 Å². The molecule has 0 unspecified atom stereocenters. The second kappa shape index (κ2) is 7.43. The van der Waals surface area contributed by atoms with Gasteiger partial charge < -0.3 is 9.88 Å². The lowest BCUT2D eigenvalue weighted by molar-refractivity contribution is 0.0951. The largest absolute Gasteiger partial charge is 0.352 e. The molecule has 0 aliphatic rings. The summed E-state index contributed by atoms with van der Waals surface area (Å²) in [7, 11) is 1.64. The number of pyridine rings is 1. The molecule has 0 fully saturated rings. The summed E-state index contributed by atoms with van der Waals surface area (Å²) in [5.74, 6) is -0.295. The van der Waals surface area contributed by atoms with E-state index in [1.54, 1.807) is 25.4 Å². The predicted octanol–water partition coefficient (Wildman–Crippen LogP) is 2.14. The lowest BCUT2D eigenvalue weighted by Crippen LogP contribution is -2.32. The van der Waals surface area contributed by atoms with Crippen molar-refractivity contribution < 1.29 is 4.79 Å². The highest BCUT2D eigenvalue weighted by atomic mass is 16.2. The van der Waals surface area contributed by atoms with Crippen LogP contribution >= 0.6 is 0 Å². The first-order valence-electron chi connectivity index (χ1n) is 7.16. The van der Waals surface area contributed by atoms with Crippen LogP contribution in [0.2, 0.25) is 0 Å². The van der Waals surface area contributed by atoms with Gasteiger partial charge in [-0.3, -0.25) is 9.59 Å². The molecule has 1 heterocycles. The Balaban J connectivity index is 1.75. The number of carbonyl (C=O) groups excluding carboxylic acids is 1. The zero-order valence-electron chi connectivity index (χ0n) is 12.2. The number of aryl methyl sites for hydroxylation is 2. The molecule has 0 atom stereocenters. The van der Waals surface area contributed by atoms with Crippen LogP contribution in [0.5, 0.6) is 0 Å². The van der Waals surface area contributed by atoms with Gasteiger partial charge in [0.15, 0.2) is 0 Å². The van der Waals surface area contributed by atoms with E-state index in [1.165, 1.54) is 10.1 Å². The van der Waals surface area contributed by atoms with Crippen LogP contribution < -0.4 is 10.9 Å². The number of nitrogens with zero attached hydrogens (tertiary/aromatic N) is 1. The summed E-state index contributed by atoms with van der Waals surface area (Å²) >= 11 is 0. The lowest BCUT2D eigenvalue weighted by atomic mass is 10.1. The molecule has 4 heteroatoms. The van der Waals surface area contributed by atoms with Crippen LogP contribution in [0.15, 0.2) is 53.5 Å². The van der Waals surface area contributed by atoms with E-state index in [0.29, 0.717) is 6.54 Å². The third kappa shape index (κ3) is 4.31. The van der Waals surface area contributed by atoms with Crippen molar-refractivity contribution >= 4 is 5.91 Å². The van der Waals surface area contributed by atoms with Crippen LogP contribution in [0.1, 0.15) is 28.8 Å². The first kappa shape index (κ1) is 15.0. The minimum absolute atomic E-state index is 0.197. The minimum atomic E-state index is -0.295. The quantitative estimate of drug-likeness (QED) is 0.826. The molecule has 4 nitrogen and oxygen atoms in total. The number of benzene rings is 1. The molecule has 1 aromatic heterocycles. The fraction of sp³-hybridized carbons (Fsp3) is 0.294. The molecule has 2 aromatic rings. The van der Waals surface area contributed by atoms with Crippen molar-refractivity contribution in [2.24, 2.45) is 7.05 Å². The van der Waals surface area contributed by atoms with E-state index >= 15 is 0 Å². The standard InChI is InChI=1S/C17H20N2O2/c1-19-13-7-11-15(17(19)21)16(20)18-12-6-5-10-14-8-3-2-4-9-14/h2-4,7-9,11,13H,5-6,10,12H2,1H3,(H,18,20). The second-order valence-electron chi connectivity index (χ2n) is 5.04. The van der Waals surface area contributed by atoms with Gasteiger partial charge in [-0.2, -0.15) is 0 Å². The summed E-state index contributed by atoms with van der Waals surface area (Å²) in [6, 6.07) is 13.5. The Morgan fingerprint density at radius 3 is 2.62 bits per heavy atom. The molecule has 0 saturated heterocycles. The second-order valence-corrected chi connectivity index (χ2v) is 5.04. The highest BCUT2D eigenvalue weighted by Gasteiger charge is 2.09. The van der Waals surface area contributed by atoms with Crippen molar-refractivity contribution in [3.8, 4) is 0 Å². The third-order valence-corrected chi connectivity index (χ3v) is 3.39. The number of nitrogens with one attached hydrogen (secondary N) is 1. The van der Waals surface area contributed by atoms with Crippen LogP contribution in [0.4, 0.5) is 0 Å². The fourth-order valence-electron chi connectivity index (χ4n) is 2.17. The molecule has 21 heavy (non-hydrogen) atoms. The summed E-state index contributed by atoms with van der Waals surface area (Å²) < 4.78 is 1.41. The average Bonchev–Trinajstić information content (AvgIpc) is 2.50. The predicted molar refractivity (Wildman–Crippen MR) is 83.4 cm³/mol. The summed E-state index contributed by atoms with van der Waals surface area (Å²) in [6.45, 7) is 0.587. The zero-order valence-corrected chi connectivity index (χ0v) is 12.2. The summed E-state index contributed by atoms with van der Waals surface area (Å²) in [5, 5.41) is 2.80. The van der Waals surface area contributed by atoms with Gasteiger partial charge >= 0.3 is 0 Å². The molecule has 110 valence electrons. The Hall–Kier alpha value is -2.36. The molecular formula is C17H20N2O2. The molecule has 0 bridgehead atoms. The first-order chi connectivity index (χ1) is 10.2. The monoisotopic (exact) mass is 284 g/mol. The van der Waals surface area contributed by atoms with E-state index in [9.17, 15) is 9.59 Å². The van der Waals surface area contributed by atoms with Gasteiger partial charge in [0.25, 0.3) is 11.5 Å². The molecular weight excluding hydrogens is 264 g/mol. The molecule has 0 aliphatic heterocycles. The Morgan fingerprint density at radius 1 is 1.10 bits per heavy atom. The molecule has 1 N–H and O–H groups in total. The minimum Gasteiger partial charge on any atom is -0.352 e.